The number of rotatable bonds is 5. The minimum Gasteiger partial charge on any atom is -0.353 e. The molecule has 5 rings (SSSR count). The average Bonchev–Trinajstić information content (AvgIpc) is 3.61. The summed E-state index contributed by atoms with van der Waals surface area (Å²) >= 11 is 13.3. The van der Waals surface area contributed by atoms with Gasteiger partial charge in [-0.3, -0.25) is 9.59 Å². The molecule has 2 N–H and O–H groups in total. The van der Waals surface area contributed by atoms with Crippen molar-refractivity contribution in [3.05, 3.63) is 69.0 Å². The van der Waals surface area contributed by atoms with Gasteiger partial charge in [-0.25, -0.2) is 4.52 Å². The molecule has 4 heterocycles. The maximum atomic E-state index is 13.2. The molecule has 1 aromatic carbocycles. The lowest BCUT2D eigenvalue weighted by Gasteiger charge is -2.30. The minimum absolute atomic E-state index is 0.173. The van der Waals surface area contributed by atoms with Gasteiger partial charge in [0.25, 0.3) is 11.8 Å². The van der Waals surface area contributed by atoms with Gasteiger partial charge in [-0.1, -0.05) is 29.3 Å². The number of carbonyl (C=O) groups is 2. The second kappa shape index (κ2) is 11.5. The summed E-state index contributed by atoms with van der Waals surface area (Å²) in [5.41, 5.74) is 3.05. The zero-order chi connectivity index (χ0) is 27.5. The molecule has 2 aliphatic rings. The molecule has 0 bridgehead atoms. The summed E-state index contributed by atoms with van der Waals surface area (Å²) in [6.45, 7) is 4.68. The van der Waals surface area contributed by atoms with Crippen LogP contribution in [-0.2, 0) is 13.0 Å². The number of nitrogens with zero attached hydrogens (tertiary/aromatic N) is 6. The predicted octanol–water partition coefficient (Wildman–Crippen LogP) is 3.48. The molecule has 39 heavy (non-hydrogen) atoms. The lowest BCUT2D eigenvalue weighted by atomic mass is 9.96. The van der Waals surface area contributed by atoms with E-state index in [1.807, 2.05) is 36.2 Å². The SMILES string of the molecule is CC(CN/C(=N/C#N)N1CCCC1)NC(=O)c1c(Cl)cc2c(c1Cl)CCN(C(=O)c1cc3ccccn3n1)C2. The van der Waals surface area contributed by atoms with Crippen LogP contribution in [-0.4, -0.2) is 69.4 Å². The Morgan fingerprint density at radius 1 is 1.18 bits per heavy atom. The van der Waals surface area contributed by atoms with Crippen LogP contribution in [0.5, 0.6) is 0 Å². The number of benzene rings is 1. The van der Waals surface area contributed by atoms with Crippen molar-refractivity contribution in [2.75, 3.05) is 26.2 Å². The largest absolute Gasteiger partial charge is 0.353 e. The summed E-state index contributed by atoms with van der Waals surface area (Å²) in [5.74, 6) is -0.0399. The first-order chi connectivity index (χ1) is 18.9. The maximum Gasteiger partial charge on any atom is 0.274 e. The van der Waals surface area contributed by atoms with E-state index in [-0.39, 0.29) is 28.4 Å². The molecule has 1 unspecified atom stereocenters. The first-order valence-corrected chi connectivity index (χ1v) is 13.6. The van der Waals surface area contributed by atoms with Crippen LogP contribution < -0.4 is 10.6 Å². The third kappa shape index (κ3) is 5.65. The predicted molar refractivity (Wildman–Crippen MR) is 149 cm³/mol. The van der Waals surface area contributed by atoms with Crippen molar-refractivity contribution < 1.29 is 9.59 Å². The number of aliphatic imine (C=N–C) groups is 1. The fraction of sp³-hybridized carbons (Fsp3) is 0.370. The Balaban J connectivity index is 1.25. The molecule has 1 atom stereocenters. The van der Waals surface area contributed by atoms with Crippen LogP contribution in [0.3, 0.4) is 0 Å². The highest BCUT2D eigenvalue weighted by molar-refractivity contribution is 6.40. The van der Waals surface area contributed by atoms with Gasteiger partial charge in [0, 0.05) is 45.0 Å². The normalized spacial score (nSPS) is 16.1. The lowest BCUT2D eigenvalue weighted by molar-refractivity contribution is 0.0727. The van der Waals surface area contributed by atoms with E-state index in [9.17, 15) is 9.59 Å². The first kappa shape index (κ1) is 26.8. The third-order valence-electron chi connectivity index (χ3n) is 7.01. The summed E-state index contributed by atoms with van der Waals surface area (Å²) in [7, 11) is 0. The van der Waals surface area contributed by atoms with E-state index < -0.39 is 0 Å². The fourth-order valence-corrected chi connectivity index (χ4v) is 5.79. The Hall–Kier alpha value is -3.81. The number of amides is 2. The number of nitriles is 1. The van der Waals surface area contributed by atoms with Crippen molar-refractivity contribution in [1.29, 1.82) is 5.26 Å². The molecular formula is C27H28Cl2N8O2. The van der Waals surface area contributed by atoms with Crippen molar-refractivity contribution >= 4 is 46.5 Å². The smallest absolute Gasteiger partial charge is 0.274 e. The topological polar surface area (TPSA) is 118 Å². The number of halogens is 2. The Kier molecular flexibility index (Phi) is 7.91. The van der Waals surface area contributed by atoms with Crippen LogP contribution in [0.2, 0.25) is 10.0 Å². The van der Waals surface area contributed by atoms with Gasteiger partial charge < -0.3 is 20.4 Å². The number of aromatic nitrogens is 2. The van der Waals surface area contributed by atoms with E-state index in [1.165, 1.54) is 0 Å². The molecule has 3 aromatic rings. The quantitative estimate of drug-likeness (QED) is 0.277. The molecule has 0 radical (unpaired) electrons. The van der Waals surface area contributed by atoms with Gasteiger partial charge >= 0.3 is 0 Å². The van der Waals surface area contributed by atoms with Crippen molar-refractivity contribution in [2.24, 2.45) is 4.99 Å². The zero-order valence-corrected chi connectivity index (χ0v) is 23.0. The first-order valence-electron chi connectivity index (χ1n) is 12.9. The number of hydrogen-bond acceptors (Lipinski definition) is 5. The minimum atomic E-state index is -0.384. The number of fused-ring (bicyclic) bond motifs is 2. The lowest BCUT2D eigenvalue weighted by Crippen LogP contribution is -2.46. The van der Waals surface area contributed by atoms with Crippen molar-refractivity contribution in [1.82, 2.24) is 30.0 Å². The molecule has 1 fully saturated rings. The molecule has 2 aliphatic heterocycles. The molecule has 202 valence electrons. The zero-order valence-electron chi connectivity index (χ0n) is 21.5. The Morgan fingerprint density at radius 2 is 1.97 bits per heavy atom. The highest BCUT2D eigenvalue weighted by Gasteiger charge is 2.29. The monoisotopic (exact) mass is 566 g/mol. The van der Waals surface area contributed by atoms with Gasteiger partial charge in [0.1, 0.15) is 0 Å². The Bertz CT molecular complexity index is 1460. The van der Waals surface area contributed by atoms with E-state index in [1.54, 1.807) is 27.7 Å². The summed E-state index contributed by atoms with van der Waals surface area (Å²) in [4.78, 5) is 34.0. The molecule has 1 saturated heterocycles. The number of nitrogens with one attached hydrogen (secondary N) is 2. The van der Waals surface area contributed by atoms with Gasteiger partial charge in [-0.15, -0.1) is 4.99 Å². The molecule has 2 aromatic heterocycles. The molecule has 0 aliphatic carbocycles. The van der Waals surface area contributed by atoms with Gasteiger partial charge in [0.15, 0.2) is 5.69 Å². The van der Waals surface area contributed by atoms with Crippen molar-refractivity contribution in [3.8, 4) is 6.19 Å². The highest BCUT2D eigenvalue weighted by Crippen LogP contribution is 2.35. The van der Waals surface area contributed by atoms with Crippen molar-refractivity contribution in [3.63, 3.8) is 0 Å². The van der Waals surface area contributed by atoms with Gasteiger partial charge in [0.2, 0.25) is 12.2 Å². The van der Waals surface area contributed by atoms with Crippen LogP contribution in [0.15, 0.2) is 41.5 Å². The van der Waals surface area contributed by atoms with Crippen LogP contribution in [0, 0.1) is 11.5 Å². The van der Waals surface area contributed by atoms with E-state index in [0.29, 0.717) is 42.7 Å². The summed E-state index contributed by atoms with van der Waals surface area (Å²) in [6.07, 6.45) is 6.24. The highest BCUT2D eigenvalue weighted by atomic mass is 35.5. The van der Waals surface area contributed by atoms with E-state index in [0.717, 1.165) is 42.6 Å². The number of hydrogen-bond donors (Lipinski definition) is 2. The number of likely N-dealkylation sites (tertiary alicyclic amines) is 1. The van der Waals surface area contributed by atoms with E-state index >= 15 is 0 Å². The average molecular weight is 567 g/mol. The second-order valence-electron chi connectivity index (χ2n) is 9.75. The molecule has 2 amide bonds. The fourth-order valence-electron chi connectivity index (χ4n) is 5.03. The summed E-state index contributed by atoms with van der Waals surface area (Å²) in [5, 5.41) is 20.0. The Morgan fingerprint density at radius 3 is 2.72 bits per heavy atom. The summed E-state index contributed by atoms with van der Waals surface area (Å²) in [6, 6.07) is 8.84. The standard InChI is InChI=1S/C27H28Cl2N8O2/c1-17(14-31-27(32-16-30)35-8-4-5-9-35)33-25(38)23-21(28)12-18-15-36(11-7-20(18)24(23)29)26(39)22-13-19-6-2-3-10-37(19)34-22/h2-3,6,10,12-13,17H,4-5,7-9,11,14-15H2,1H3,(H,31,32)(H,33,38). The molecule has 12 heteroatoms. The molecular weight excluding hydrogens is 539 g/mol. The van der Waals surface area contributed by atoms with Crippen LogP contribution in [0.4, 0.5) is 0 Å². The number of pyridine rings is 1. The second-order valence-corrected chi connectivity index (χ2v) is 10.5. The van der Waals surface area contributed by atoms with E-state index in [2.05, 4.69) is 20.7 Å². The van der Waals surface area contributed by atoms with Crippen LogP contribution in [0.25, 0.3) is 5.52 Å². The van der Waals surface area contributed by atoms with Crippen LogP contribution in [0.1, 0.15) is 51.7 Å². The number of carbonyl (C=O) groups excluding carboxylic acids is 2. The third-order valence-corrected chi connectivity index (χ3v) is 7.73. The molecule has 0 spiro atoms. The van der Waals surface area contributed by atoms with Gasteiger partial charge in [0.05, 0.1) is 21.1 Å². The van der Waals surface area contributed by atoms with E-state index in [4.69, 9.17) is 28.5 Å². The van der Waals surface area contributed by atoms with Crippen LogP contribution >= 0.6 is 23.2 Å². The Labute approximate surface area is 236 Å². The summed E-state index contributed by atoms with van der Waals surface area (Å²) < 4.78 is 1.67. The number of guanidine groups is 1. The van der Waals surface area contributed by atoms with Crippen molar-refractivity contribution in [2.45, 2.75) is 38.8 Å². The van der Waals surface area contributed by atoms with Gasteiger partial charge in [-0.05, 0) is 61.6 Å². The van der Waals surface area contributed by atoms with Gasteiger partial charge in [-0.2, -0.15) is 10.4 Å². The molecule has 10 nitrogen and oxygen atoms in total. The maximum absolute atomic E-state index is 13.2. The molecule has 0 saturated carbocycles.